The first-order valence-electron chi connectivity index (χ1n) is 7.52. The van der Waals surface area contributed by atoms with E-state index in [1.54, 1.807) is 6.92 Å². The van der Waals surface area contributed by atoms with Crippen molar-refractivity contribution < 1.29 is 4.79 Å². The van der Waals surface area contributed by atoms with E-state index in [1.807, 2.05) is 11.8 Å². The summed E-state index contributed by atoms with van der Waals surface area (Å²) in [5.41, 5.74) is 2.51. The van der Waals surface area contributed by atoms with Gasteiger partial charge < -0.3 is 10.2 Å². The number of fused-ring (bicyclic) bond motifs is 1. The fourth-order valence-corrected chi connectivity index (χ4v) is 3.19. The number of aromatic nitrogens is 2. The smallest absolute Gasteiger partial charge is 0.219 e. The summed E-state index contributed by atoms with van der Waals surface area (Å²) < 4.78 is 0. The highest BCUT2D eigenvalue weighted by molar-refractivity contribution is 5.73. The van der Waals surface area contributed by atoms with Gasteiger partial charge in [0.05, 0.1) is 0 Å². The number of nitrogens with one attached hydrogen (secondary N) is 1. The predicted molar refractivity (Wildman–Crippen MR) is 77.7 cm³/mol. The van der Waals surface area contributed by atoms with Gasteiger partial charge in [-0.25, -0.2) is 9.97 Å². The van der Waals surface area contributed by atoms with E-state index in [0.717, 1.165) is 44.0 Å². The minimum atomic E-state index is 0.162. The summed E-state index contributed by atoms with van der Waals surface area (Å²) in [5.74, 6) is 2.01. The fourth-order valence-electron chi connectivity index (χ4n) is 3.19. The molecule has 3 rings (SSSR count). The van der Waals surface area contributed by atoms with Crippen molar-refractivity contribution in [2.45, 2.75) is 52.0 Å². The van der Waals surface area contributed by atoms with Crippen molar-refractivity contribution in [1.29, 1.82) is 0 Å². The molecule has 1 fully saturated rings. The van der Waals surface area contributed by atoms with Gasteiger partial charge in [-0.05, 0) is 39.0 Å². The van der Waals surface area contributed by atoms with Gasteiger partial charge in [-0.2, -0.15) is 0 Å². The van der Waals surface area contributed by atoms with Crippen molar-refractivity contribution in [2.24, 2.45) is 0 Å². The van der Waals surface area contributed by atoms with Gasteiger partial charge in [0, 0.05) is 37.3 Å². The van der Waals surface area contributed by atoms with Crippen LogP contribution >= 0.6 is 0 Å². The summed E-state index contributed by atoms with van der Waals surface area (Å²) in [4.78, 5) is 22.5. The highest BCUT2D eigenvalue weighted by atomic mass is 16.2. The van der Waals surface area contributed by atoms with Crippen LogP contribution in [0.15, 0.2) is 0 Å². The molecule has 1 aromatic heterocycles. The quantitative estimate of drug-likeness (QED) is 0.891. The van der Waals surface area contributed by atoms with Gasteiger partial charge in [0.25, 0.3) is 0 Å². The van der Waals surface area contributed by atoms with Gasteiger partial charge in [-0.1, -0.05) is 0 Å². The molecule has 1 unspecified atom stereocenters. The zero-order valence-corrected chi connectivity index (χ0v) is 12.3. The molecule has 1 amide bonds. The number of carbonyl (C=O) groups excluding carboxylic acids is 1. The standard InChI is InChI=1S/C15H22N4O/c1-10-16-14-6-4-3-5-13(14)15(17-10)18-12-7-8-19(9-12)11(2)20/h12H,3-9H2,1-2H3,(H,16,17,18). The molecule has 1 atom stereocenters. The molecule has 1 saturated heterocycles. The third-order valence-electron chi connectivity index (χ3n) is 4.27. The Bertz CT molecular complexity index is 529. The average Bonchev–Trinajstić information content (AvgIpc) is 2.87. The van der Waals surface area contributed by atoms with Gasteiger partial charge in [-0.3, -0.25) is 4.79 Å². The first-order valence-corrected chi connectivity index (χ1v) is 7.52. The Morgan fingerprint density at radius 3 is 2.85 bits per heavy atom. The van der Waals surface area contributed by atoms with Crippen LogP contribution in [0.25, 0.3) is 0 Å². The molecule has 2 heterocycles. The first-order chi connectivity index (χ1) is 9.63. The van der Waals surface area contributed by atoms with E-state index in [2.05, 4.69) is 15.3 Å². The van der Waals surface area contributed by atoms with E-state index in [9.17, 15) is 4.79 Å². The summed E-state index contributed by atoms with van der Waals surface area (Å²) in [6.07, 6.45) is 5.58. The second-order valence-electron chi connectivity index (χ2n) is 5.85. The molecule has 1 aromatic rings. The molecule has 5 nitrogen and oxygen atoms in total. The van der Waals surface area contributed by atoms with Gasteiger partial charge >= 0.3 is 0 Å². The minimum absolute atomic E-state index is 0.162. The average molecular weight is 274 g/mol. The fraction of sp³-hybridized carbons (Fsp3) is 0.667. The number of carbonyl (C=O) groups is 1. The molecule has 1 aliphatic carbocycles. The van der Waals surface area contributed by atoms with Crippen LogP contribution in [0.3, 0.4) is 0 Å². The molecule has 0 radical (unpaired) electrons. The van der Waals surface area contributed by atoms with Crippen molar-refractivity contribution >= 4 is 11.7 Å². The van der Waals surface area contributed by atoms with Gasteiger partial charge in [0.1, 0.15) is 11.6 Å². The number of amides is 1. The van der Waals surface area contributed by atoms with E-state index in [1.165, 1.54) is 24.1 Å². The molecule has 1 N–H and O–H groups in total. The zero-order chi connectivity index (χ0) is 14.1. The van der Waals surface area contributed by atoms with E-state index in [-0.39, 0.29) is 5.91 Å². The Balaban J connectivity index is 1.78. The van der Waals surface area contributed by atoms with Gasteiger partial charge in [0.15, 0.2) is 0 Å². The molecule has 20 heavy (non-hydrogen) atoms. The SMILES string of the molecule is CC(=O)N1CCC(Nc2nc(C)nc3c2CCCC3)C1. The second kappa shape index (κ2) is 5.38. The van der Waals surface area contributed by atoms with E-state index >= 15 is 0 Å². The largest absolute Gasteiger partial charge is 0.365 e. The van der Waals surface area contributed by atoms with Crippen LogP contribution in [0.2, 0.25) is 0 Å². The molecule has 0 aromatic carbocycles. The van der Waals surface area contributed by atoms with Gasteiger partial charge in [0.2, 0.25) is 5.91 Å². The summed E-state index contributed by atoms with van der Waals surface area (Å²) in [7, 11) is 0. The highest BCUT2D eigenvalue weighted by Crippen LogP contribution is 2.26. The van der Waals surface area contributed by atoms with Gasteiger partial charge in [-0.15, -0.1) is 0 Å². The van der Waals surface area contributed by atoms with Crippen molar-refractivity contribution in [3.05, 3.63) is 17.1 Å². The lowest BCUT2D eigenvalue weighted by atomic mass is 9.96. The van der Waals surface area contributed by atoms with Crippen molar-refractivity contribution in [1.82, 2.24) is 14.9 Å². The van der Waals surface area contributed by atoms with Crippen LogP contribution in [-0.4, -0.2) is 39.9 Å². The Labute approximate surface area is 119 Å². The van der Waals surface area contributed by atoms with Crippen LogP contribution in [0.4, 0.5) is 5.82 Å². The molecular formula is C15H22N4O. The van der Waals surface area contributed by atoms with E-state index in [4.69, 9.17) is 0 Å². The topological polar surface area (TPSA) is 58.1 Å². The number of rotatable bonds is 2. The molecule has 0 spiro atoms. The summed E-state index contributed by atoms with van der Waals surface area (Å²) in [6, 6.07) is 0.319. The number of hydrogen-bond donors (Lipinski definition) is 1. The number of hydrogen-bond acceptors (Lipinski definition) is 4. The number of nitrogens with zero attached hydrogens (tertiary/aromatic N) is 3. The zero-order valence-electron chi connectivity index (χ0n) is 12.3. The minimum Gasteiger partial charge on any atom is -0.365 e. The maximum absolute atomic E-state index is 11.4. The van der Waals surface area contributed by atoms with Crippen molar-refractivity contribution in [3.8, 4) is 0 Å². The van der Waals surface area contributed by atoms with Crippen LogP contribution in [0.1, 0.15) is 43.3 Å². The third kappa shape index (κ3) is 2.62. The Morgan fingerprint density at radius 2 is 2.10 bits per heavy atom. The number of aryl methyl sites for hydroxylation is 2. The Hall–Kier alpha value is -1.65. The lowest BCUT2D eigenvalue weighted by Crippen LogP contribution is -2.30. The van der Waals surface area contributed by atoms with Crippen LogP contribution in [0, 0.1) is 6.92 Å². The molecular weight excluding hydrogens is 252 g/mol. The lowest BCUT2D eigenvalue weighted by molar-refractivity contribution is -0.127. The molecule has 108 valence electrons. The van der Waals surface area contributed by atoms with Crippen LogP contribution in [0.5, 0.6) is 0 Å². The summed E-state index contributed by atoms with van der Waals surface area (Å²) in [5, 5.41) is 3.55. The number of likely N-dealkylation sites (tertiary alicyclic amines) is 1. The van der Waals surface area contributed by atoms with Crippen LogP contribution < -0.4 is 5.32 Å². The summed E-state index contributed by atoms with van der Waals surface area (Å²) >= 11 is 0. The number of anilines is 1. The van der Waals surface area contributed by atoms with Crippen LogP contribution in [-0.2, 0) is 17.6 Å². The first kappa shape index (κ1) is 13.3. The summed E-state index contributed by atoms with van der Waals surface area (Å²) in [6.45, 7) is 5.22. The molecule has 0 bridgehead atoms. The van der Waals surface area contributed by atoms with Crippen molar-refractivity contribution in [3.63, 3.8) is 0 Å². The third-order valence-corrected chi connectivity index (χ3v) is 4.27. The molecule has 5 heteroatoms. The molecule has 0 saturated carbocycles. The highest BCUT2D eigenvalue weighted by Gasteiger charge is 2.26. The predicted octanol–water partition coefficient (Wildman–Crippen LogP) is 1.70. The maximum Gasteiger partial charge on any atom is 0.219 e. The lowest BCUT2D eigenvalue weighted by Gasteiger charge is -2.22. The normalized spacial score (nSPS) is 21.7. The second-order valence-corrected chi connectivity index (χ2v) is 5.85. The monoisotopic (exact) mass is 274 g/mol. The maximum atomic E-state index is 11.4. The Kier molecular flexibility index (Phi) is 3.59. The van der Waals surface area contributed by atoms with Crippen molar-refractivity contribution in [2.75, 3.05) is 18.4 Å². The molecule has 2 aliphatic rings. The Morgan fingerprint density at radius 1 is 1.30 bits per heavy atom. The molecule has 1 aliphatic heterocycles. The van der Waals surface area contributed by atoms with E-state index < -0.39 is 0 Å². The van der Waals surface area contributed by atoms with E-state index in [0.29, 0.717) is 6.04 Å².